The molecule has 0 spiro atoms. The van der Waals surface area contributed by atoms with Gasteiger partial charge in [-0.15, -0.1) is 11.3 Å². The smallest absolute Gasteiger partial charge is 0.443 e. The lowest BCUT2D eigenvalue weighted by molar-refractivity contribution is -0.137. The SMILES string of the molecule is CC(C)(C)OC(=O)N1CC2CC2(c2csc(C(F)(F)F)n2)C1. The van der Waals surface area contributed by atoms with E-state index in [1.165, 1.54) is 5.38 Å². The first-order valence-corrected chi connectivity index (χ1v) is 7.90. The number of piperidine rings is 1. The van der Waals surface area contributed by atoms with Gasteiger partial charge in [-0.3, -0.25) is 0 Å². The number of carbonyl (C=O) groups is 1. The summed E-state index contributed by atoms with van der Waals surface area (Å²) in [5, 5.41) is 0.653. The molecule has 0 N–H and O–H groups in total. The Balaban J connectivity index is 1.72. The molecule has 2 unspecified atom stereocenters. The van der Waals surface area contributed by atoms with E-state index in [1.807, 2.05) is 0 Å². The molecule has 0 radical (unpaired) electrons. The molecule has 1 aliphatic carbocycles. The maximum Gasteiger partial charge on any atom is 0.443 e. The molecule has 122 valence electrons. The van der Waals surface area contributed by atoms with Gasteiger partial charge in [-0.1, -0.05) is 0 Å². The maximum absolute atomic E-state index is 12.7. The molecule has 0 bridgehead atoms. The molecule has 2 heterocycles. The third kappa shape index (κ3) is 2.68. The number of carbonyl (C=O) groups excluding carboxylic acids is 1. The number of likely N-dealkylation sites (tertiary alicyclic amines) is 1. The van der Waals surface area contributed by atoms with E-state index in [0.717, 1.165) is 6.42 Å². The summed E-state index contributed by atoms with van der Waals surface area (Å²) in [5.74, 6) is 0.184. The molecule has 3 rings (SSSR count). The summed E-state index contributed by atoms with van der Waals surface area (Å²) in [4.78, 5) is 17.4. The topological polar surface area (TPSA) is 42.4 Å². The van der Waals surface area contributed by atoms with E-state index in [9.17, 15) is 18.0 Å². The molecular weight excluding hydrogens is 317 g/mol. The van der Waals surface area contributed by atoms with E-state index in [4.69, 9.17) is 4.74 Å². The van der Waals surface area contributed by atoms with Gasteiger partial charge in [-0.25, -0.2) is 9.78 Å². The monoisotopic (exact) mass is 334 g/mol. The van der Waals surface area contributed by atoms with Gasteiger partial charge in [0.15, 0.2) is 5.01 Å². The van der Waals surface area contributed by atoms with E-state index >= 15 is 0 Å². The highest BCUT2D eigenvalue weighted by atomic mass is 32.1. The van der Waals surface area contributed by atoms with Crippen molar-refractivity contribution in [3.05, 3.63) is 16.1 Å². The minimum atomic E-state index is -4.41. The number of hydrogen-bond donors (Lipinski definition) is 0. The molecule has 1 aromatic heterocycles. The zero-order valence-electron chi connectivity index (χ0n) is 12.5. The lowest BCUT2D eigenvalue weighted by Gasteiger charge is -2.26. The highest BCUT2D eigenvalue weighted by Gasteiger charge is 2.63. The Kier molecular flexibility index (Phi) is 3.25. The minimum Gasteiger partial charge on any atom is -0.444 e. The summed E-state index contributed by atoms with van der Waals surface area (Å²) in [6.45, 7) is 6.26. The quantitative estimate of drug-likeness (QED) is 0.787. The summed E-state index contributed by atoms with van der Waals surface area (Å²) < 4.78 is 43.4. The average molecular weight is 334 g/mol. The summed E-state index contributed by atoms with van der Waals surface area (Å²) in [6, 6.07) is 0. The van der Waals surface area contributed by atoms with E-state index in [2.05, 4.69) is 4.98 Å². The number of thiazole rings is 1. The average Bonchev–Trinajstić information content (AvgIpc) is 2.79. The van der Waals surface area contributed by atoms with Gasteiger partial charge in [0.25, 0.3) is 0 Å². The second-order valence-corrected chi connectivity index (χ2v) is 7.81. The van der Waals surface area contributed by atoms with Crippen molar-refractivity contribution in [2.24, 2.45) is 5.92 Å². The standard InChI is InChI=1S/C14H17F3N2O2S/c1-12(2,3)21-11(20)19-5-8-4-13(8,7-19)9-6-22-10(18-9)14(15,16)17/h6,8H,4-5,7H2,1-3H3. The maximum atomic E-state index is 12.7. The number of alkyl halides is 3. The van der Waals surface area contributed by atoms with Crippen LogP contribution in [0.3, 0.4) is 0 Å². The normalized spacial score (nSPS) is 27.7. The number of rotatable bonds is 1. The molecule has 22 heavy (non-hydrogen) atoms. The first-order valence-electron chi connectivity index (χ1n) is 7.02. The van der Waals surface area contributed by atoms with Crippen LogP contribution in [-0.2, 0) is 16.3 Å². The number of fused-ring (bicyclic) bond motifs is 1. The van der Waals surface area contributed by atoms with Crippen molar-refractivity contribution in [3.8, 4) is 0 Å². The van der Waals surface area contributed by atoms with Crippen LogP contribution in [0.5, 0.6) is 0 Å². The van der Waals surface area contributed by atoms with Gasteiger partial charge in [-0.05, 0) is 33.1 Å². The van der Waals surface area contributed by atoms with Crippen molar-refractivity contribution in [3.63, 3.8) is 0 Å². The highest BCUT2D eigenvalue weighted by molar-refractivity contribution is 7.09. The predicted molar refractivity (Wildman–Crippen MR) is 74.7 cm³/mol. The Labute approximate surface area is 130 Å². The van der Waals surface area contributed by atoms with E-state index in [1.54, 1.807) is 25.7 Å². The third-order valence-electron chi connectivity index (χ3n) is 4.05. The van der Waals surface area contributed by atoms with Gasteiger partial charge in [0.05, 0.1) is 5.69 Å². The molecule has 1 saturated heterocycles. The van der Waals surface area contributed by atoms with Crippen molar-refractivity contribution in [1.29, 1.82) is 0 Å². The molecule has 2 fully saturated rings. The molecule has 1 aromatic rings. The third-order valence-corrected chi connectivity index (χ3v) is 4.94. The molecule has 2 atom stereocenters. The van der Waals surface area contributed by atoms with Crippen LogP contribution in [0, 0.1) is 5.92 Å². The van der Waals surface area contributed by atoms with Gasteiger partial charge < -0.3 is 9.64 Å². The molecule has 1 amide bonds. The molecule has 1 saturated carbocycles. The lowest BCUT2D eigenvalue weighted by Crippen LogP contribution is -2.37. The molecule has 2 aliphatic rings. The fourth-order valence-electron chi connectivity index (χ4n) is 2.98. The van der Waals surface area contributed by atoms with Gasteiger partial charge >= 0.3 is 12.3 Å². The lowest BCUT2D eigenvalue weighted by atomic mass is 10.0. The van der Waals surface area contributed by atoms with Gasteiger partial charge in [0.2, 0.25) is 0 Å². The van der Waals surface area contributed by atoms with Crippen LogP contribution in [0.25, 0.3) is 0 Å². The molecular formula is C14H17F3N2O2S. The van der Waals surface area contributed by atoms with Crippen molar-refractivity contribution in [1.82, 2.24) is 9.88 Å². The van der Waals surface area contributed by atoms with Gasteiger partial charge in [-0.2, -0.15) is 13.2 Å². The van der Waals surface area contributed by atoms with E-state index in [-0.39, 0.29) is 5.92 Å². The number of nitrogens with zero attached hydrogens (tertiary/aromatic N) is 2. The Bertz CT molecular complexity index is 608. The van der Waals surface area contributed by atoms with Crippen molar-refractivity contribution in [2.75, 3.05) is 13.1 Å². The molecule has 4 nitrogen and oxygen atoms in total. The first-order chi connectivity index (χ1) is 10.0. The number of amides is 1. The second-order valence-electron chi connectivity index (χ2n) is 6.95. The second kappa shape index (κ2) is 4.59. The fourth-order valence-corrected chi connectivity index (χ4v) is 3.77. The van der Waals surface area contributed by atoms with Crippen molar-refractivity contribution in [2.45, 2.75) is 44.4 Å². The first kappa shape index (κ1) is 15.6. The van der Waals surface area contributed by atoms with Crippen LogP contribution in [0.15, 0.2) is 5.38 Å². The Hall–Kier alpha value is -1.31. The van der Waals surface area contributed by atoms with Crippen LogP contribution < -0.4 is 0 Å². The molecule has 0 aromatic carbocycles. The van der Waals surface area contributed by atoms with E-state index < -0.39 is 28.3 Å². The highest BCUT2D eigenvalue weighted by Crippen LogP contribution is 2.59. The Morgan fingerprint density at radius 1 is 1.45 bits per heavy atom. The summed E-state index contributed by atoms with van der Waals surface area (Å²) in [6.07, 6.45) is -4.04. The zero-order valence-corrected chi connectivity index (χ0v) is 13.3. The number of hydrogen-bond acceptors (Lipinski definition) is 4. The Morgan fingerprint density at radius 3 is 2.68 bits per heavy atom. The fraction of sp³-hybridized carbons (Fsp3) is 0.714. The number of halogens is 3. The van der Waals surface area contributed by atoms with Crippen LogP contribution in [-0.4, -0.2) is 34.7 Å². The van der Waals surface area contributed by atoms with Crippen molar-refractivity contribution < 1.29 is 22.7 Å². The van der Waals surface area contributed by atoms with E-state index in [0.29, 0.717) is 30.1 Å². The van der Waals surface area contributed by atoms with Crippen LogP contribution in [0.1, 0.15) is 37.9 Å². The van der Waals surface area contributed by atoms with Crippen LogP contribution in [0.2, 0.25) is 0 Å². The number of aromatic nitrogens is 1. The zero-order chi connectivity index (χ0) is 16.3. The predicted octanol–water partition coefficient (Wildman–Crippen LogP) is 3.67. The largest absolute Gasteiger partial charge is 0.444 e. The van der Waals surface area contributed by atoms with Crippen molar-refractivity contribution >= 4 is 17.4 Å². The Morgan fingerprint density at radius 2 is 2.14 bits per heavy atom. The molecule has 1 aliphatic heterocycles. The minimum absolute atomic E-state index is 0.184. The summed E-state index contributed by atoms with van der Waals surface area (Å²) in [7, 11) is 0. The van der Waals surface area contributed by atoms with Crippen LogP contribution >= 0.6 is 11.3 Å². The van der Waals surface area contributed by atoms with Gasteiger partial charge in [0.1, 0.15) is 5.60 Å². The number of ether oxygens (including phenoxy) is 1. The van der Waals surface area contributed by atoms with Crippen LogP contribution in [0.4, 0.5) is 18.0 Å². The summed E-state index contributed by atoms with van der Waals surface area (Å²) in [5.41, 5.74) is -0.529. The molecule has 8 heteroatoms. The van der Waals surface area contributed by atoms with Gasteiger partial charge in [0, 0.05) is 23.9 Å². The summed E-state index contributed by atoms with van der Waals surface area (Å²) >= 11 is 0.617.